The number of aryl methyl sites for hydroxylation is 1. The minimum atomic E-state index is -0.381. The third-order valence-electron chi connectivity index (χ3n) is 4.34. The molecule has 0 aliphatic carbocycles. The first-order chi connectivity index (χ1) is 14.0. The zero-order chi connectivity index (χ0) is 20.6. The Hall–Kier alpha value is -3.25. The van der Waals surface area contributed by atoms with E-state index in [9.17, 15) is 9.59 Å². The fraction of sp³-hybridized carbons (Fsp3) is 0.174. The zero-order valence-corrected chi connectivity index (χ0v) is 17.2. The lowest BCUT2D eigenvalue weighted by molar-refractivity contribution is -0.116. The number of amides is 1. The second-order valence-electron chi connectivity index (χ2n) is 6.44. The molecule has 0 spiro atoms. The molecule has 0 saturated carbocycles. The average Bonchev–Trinajstić information content (AvgIpc) is 3.19. The molecule has 0 aliphatic heterocycles. The van der Waals surface area contributed by atoms with Crippen LogP contribution in [0.25, 0.3) is 17.3 Å². The lowest BCUT2D eigenvalue weighted by atomic mass is 10.1. The highest BCUT2D eigenvalue weighted by Gasteiger charge is 2.04. The lowest BCUT2D eigenvalue weighted by Gasteiger charge is -2.04. The van der Waals surface area contributed by atoms with E-state index in [1.54, 1.807) is 41.7 Å². The summed E-state index contributed by atoms with van der Waals surface area (Å²) >= 11 is 1.64. The molecule has 148 valence electrons. The van der Waals surface area contributed by atoms with Crippen LogP contribution in [-0.4, -0.2) is 30.5 Å². The van der Waals surface area contributed by atoms with Gasteiger partial charge in [0.2, 0.25) is 5.91 Å². The van der Waals surface area contributed by atoms with E-state index in [0.717, 1.165) is 33.8 Å². The number of benzene rings is 2. The summed E-state index contributed by atoms with van der Waals surface area (Å²) in [5, 5.41) is 5.99. The van der Waals surface area contributed by atoms with Crippen LogP contribution in [0.4, 0.5) is 0 Å². The summed E-state index contributed by atoms with van der Waals surface area (Å²) in [6.07, 6.45) is 3.95. The molecular formula is C23H22N2O3S. The minimum Gasteiger partial charge on any atom is -0.465 e. The largest absolute Gasteiger partial charge is 0.465 e. The molecule has 0 aliphatic rings. The summed E-state index contributed by atoms with van der Waals surface area (Å²) in [7, 11) is 1.34. The molecule has 1 heterocycles. The van der Waals surface area contributed by atoms with Crippen LogP contribution < -0.4 is 5.32 Å². The van der Waals surface area contributed by atoms with Crippen molar-refractivity contribution in [3.8, 4) is 11.3 Å². The van der Waals surface area contributed by atoms with Gasteiger partial charge in [0, 0.05) is 23.6 Å². The topological polar surface area (TPSA) is 68.3 Å². The van der Waals surface area contributed by atoms with Gasteiger partial charge in [-0.05, 0) is 42.7 Å². The van der Waals surface area contributed by atoms with Crippen LogP contribution in [0.1, 0.15) is 26.5 Å². The molecule has 0 atom stereocenters. The van der Waals surface area contributed by atoms with Gasteiger partial charge in [-0.25, -0.2) is 9.78 Å². The highest BCUT2D eigenvalue weighted by Crippen LogP contribution is 2.21. The van der Waals surface area contributed by atoms with E-state index in [4.69, 9.17) is 0 Å². The van der Waals surface area contributed by atoms with Crippen LogP contribution in [0.3, 0.4) is 0 Å². The third kappa shape index (κ3) is 5.86. The van der Waals surface area contributed by atoms with E-state index < -0.39 is 0 Å². The molecule has 3 rings (SSSR count). The van der Waals surface area contributed by atoms with Crippen LogP contribution in [0, 0.1) is 6.92 Å². The van der Waals surface area contributed by atoms with Crippen molar-refractivity contribution >= 4 is 29.3 Å². The van der Waals surface area contributed by atoms with Crippen LogP contribution in [0.5, 0.6) is 0 Å². The van der Waals surface area contributed by atoms with E-state index in [1.807, 2.05) is 6.92 Å². The van der Waals surface area contributed by atoms with Gasteiger partial charge in [-0.3, -0.25) is 4.79 Å². The molecular weight excluding hydrogens is 384 g/mol. The molecule has 1 amide bonds. The number of esters is 1. The zero-order valence-electron chi connectivity index (χ0n) is 16.3. The van der Waals surface area contributed by atoms with Crippen molar-refractivity contribution in [2.24, 2.45) is 0 Å². The Kier molecular flexibility index (Phi) is 6.92. The Morgan fingerprint density at radius 2 is 1.83 bits per heavy atom. The van der Waals surface area contributed by atoms with Crippen molar-refractivity contribution in [2.75, 3.05) is 13.7 Å². The monoisotopic (exact) mass is 406 g/mol. The molecule has 3 aromatic rings. The van der Waals surface area contributed by atoms with E-state index in [1.165, 1.54) is 13.2 Å². The van der Waals surface area contributed by atoms with E-state index in [2.05, 4.69) is 44.7 Å². The van der Waals surface area contributed by atoms with Crippen molar-refractivity contribution in [1.29, 1.82) is 0 Å². The number of nitrogens with one attached hydrogen (secondary N) is 1. The van der Waals surface area contributed by atoms with Gasteiger partial charge >= 0.3 is 5.97 Å². The SMILES string of the molecule is COC(=O)c1ccc(/C=C/C(=O)NCCc2ccc(-c3csc(C)n3)cc2)cc1. The molecule has 5 nitrogen and oxygen atoms in total. The van der Waals surface area contributed by atoms with Gasteiger partial charge in [0.25, 0.3) is 0 Å². The first-order valence-corrected chi connectivity index (χ1v) is 10.1. The normalized spacial score (nSPS) is 10.8. The second-order valence-corrected chi connectivity index (χ2v) is 7.50. The molecule has 0 saturated heterocycles. The van der Waals surface area contributed by atoms with Crippen molar-refractivity contribution < 1.29 is 14.3 Å². The van der Waals surface area contributed by atoms with Gasteiger partial charge in [0.15, 0.2) is 0 Å². The van der Waals surface area contributed by atoms with Crippen molar-refractivity contribution in [3.63, 3.8) is 0 Å². The predicted octanol–water partition coefficient (Wildman–Crippen LogP) is 4.28. The van der Waals surface area contributed by atoms with Gasteiger partial charge in [-0.1, -0.05) is 36.4 Å². The Balaban J connectivity index is 1.46. The highest BCUT2D eigenvalue weighted by atomic mass is 32.1. The predicted molar refractivity (Wildman–Crippen MR) is 116 cm³/mol. The lowest BCUT2D eigenvalue weighted by Crippen LogP contribution is -2.23. The number of rotatable bonds is 7. The summed E-state index contributed by atoms with van der Waals surface area (Å²) in [5.41, 5.74) is 4.56. The molecule has 0 fully saturated rings. The van der Waals surface area contributed by atoms with Crippen molar-refractivity contribution in [1.82, 2.24) is 10.3 Å². The first kappa shape index (κ1) is 20.5. The number of thiazole rings is 1. The maximum atomic E-state index is 12.0. The third-order valence-corrected chi connectivity index (χ3v) is 5.11. The highest BCUT2D eigenvalue weighted by molar-refractivity contribution is 7.09. The van der Waals surface area contributed by atoms with Crippen LogP contribution in [-0.2, 0) is 16.0 Å². The molecule has 0 unspecified atom stereocenters. The maximum Gasteiger partial charge on any atom is 0.337 e. The minimum absolute atomic E-state index is 0.156. The number of hydrogen-bond acceptors (Lipinski definition) is 5. The van der Waals surface area contributed by atoms with Crippen molar-refractivity contribution in [2.45, 2.75) is 13.3 Å². The van der Waals surface area contributed by atoms with Gasteiger partial charge in [-0.15, -0.1) is 11.3 Å². The Bertz CT molecular complexity index is 1010. The number of methoxy groups -OCH3 is 1. The van der Waals surface area contributed by atoms with E-state index in [-0.39, 0.29) is 11.9 Å². The first-order valence-electron chi connectivity index (χ1n) is 9.21. The standard InChI is InChI=1S/C23H22N2O3S/c1-16-25-21(15-29-16)19-8-3-18(4-9-19)13-14-24-22(26)12-7-17-5-10-20(11-6-17)23(27)28-2/h3-12,15H,13-14H2,1-2H3,(H,24,26)/b12-7+. The van der Waals surface area contributed by atoms with Crippen molar-refractivity contribution in [3.05, 3.63) is 81.7 Å². The Morgan fingerprint density at radius 1 is 1.10 bits per heavy atom. The summed E-state index contributed by atoms with van der Waals surface area (Å²) in [6.45, 7) is 2.55. The van der Waals surface area contributed by atoms with Gasteiger partial charge in [0.1, 0.15) is 0 Å². The maximum absolute atomic E-state index is 12.0. The van der Waals surface area contributed by atoms with Crippen LogP contribution >= 0.6 is 11.3 Å². The van der Waals surface area contributed by atoms with E-state index in [0.29, 0.717) is 12.1 Å². The summed E-state index contributed by atoms with van der Waals surface area (Å²) in [4.78, 5) is 27.9. The number of hydrogen-bond donors (Lipinski definition) is 1. The number of ether oxygens (including phenoxy) is 1. The molecule has 1 N–H and O–H groups in total. The second kappa shape index (κ2) is 9.80. The number of carbonyl (C=O) groups is 2. The molecule has 2 aromatic carbocycles. The molecule has 0 bridgehead atoms. The number of aromatic nitrogens is 1. The van der Waals surface area contributed by atoms with E-state index >= 15 is 0 Å². The fourth-order valence-corrected chi connectivity index (χ4v) is 3.37. The number of nitrogens with zero attached hydrogens (tertiary/aromatic N) is 1. The Morgan fingerprint density at radius 3 is 2.45 bits per heavy atom. The summed E-state index contributed by atoms with van der Waals surface area (Å²) in [5.74, 6) is -0.537. The fourth-order valence-electron chi connectivity index (χ4n) is 2.75. The van der Waals surface area contributed by atoms with Crippen LogP contribution in [0.2, 0.25) is 0 Å². The smallest absolute Gasteiger partial charge is 0.337 e. The van der Waals surface area contributed by atoms with Gasteiger partial charge < -0.3 is 10.1 Å². The van der Waals surface area contributed by atoms with Crippen LogP contribution in [0.15, 0.2) is 60.0 Å². The summed E-state index contributed by atoms with van der Waals surface area (Å²) < 4.78 is 4.66. The molecule has 29 heavy (non-hydrogen) atoms. The summed E-state index contributed by atoms with van der Waals surface area (Å²) in [6, 6.07) is 15.1. The quantitative estimate of drug-likeness (QED) is 0.470. The van der Waals surface area contributed by atoms with Gasteiger partial charge in [-0.2, -0.15) is 0 Å². The Labute approximate surface area is 174 Å². The van der Waals surface area contributed by atoms with Gasteiger partial charge in [0.05, 0.1) is 23.4 Å². The molecule has 1 aromatic heterocycles. The molecule has 6 heteroatoms. The average molecular weight is 407 g/mol. The molecule has 0 radical (unpaired) electrons. The number of carbonyl (C=O) groups excluding carboxylic acids is 2.